The molecular weight excluding hydrogens is 417 g/mol. The highest BCUT2D eigenvalue weighted by atomic mass is 19.1. The van der Waals surface area contributed by atoms with Gasteiger partial charge in [0.05, 0.1) is 30.3 Å². The van der Waals surface area contributed by atoms with Crippen molar-refractivity contribution in [3.63, 3.8) is 0 Å². The molecule has 10 nitrogen and oxygen atoms in total. The Labute approximate surface area is 182 Å². The van der Waals surface area contributed by atoms with Crippen molar-refractivity contribution in [3.05, 3.63) is 47.2 Å². The fraction of sp³-hybridized carbons (Fsp3) is 0.286. The molecule has 0 saturated carbocycles. The molecule has 1 saturated heterocycles. The van der Waals surface area contributed by atoms with Gasteiger partial charge in [0.1, 0.15) is 41.1 Å². The summed E-state index contributed by atoms with van der Waals surface area (Å²) in [4.78, 5) is 27.2. The lowest BCUT2D eigenvalue weighted by Crippen LogP contribution is -2.53. The number of likely N-dealkylation sites (tertiary alicyclic amines) is 1. The van der Waals surface area contributed by atoms with E-state index in [2.05, 4.69) is 20.3 Å². The molecular formula is C21H20FN7O3. The Kier molecular flexibility index (Phi) is 5.46. The standard InChI is InChI=1S/C21H20FN7O3/c1-10(27-20-14(6-23)19(24)25-9-26-20)17-18(32-2)16(21(31)29-7-12(30)8-29)13-5-11(22)3-4-15(13)28-17/h3-5,9-10,12,30H,7-8H2,1-2H3,(H3,24,25,26,27). The topological polar surface area (TPSA) is 150 Å². The molecule has 1 aliphatic rings. The predicted octanol–water partition coefficient (Wildman–Crippen LogP) is 1.62. The number of aliphatic hydroxyl groups is 1. The number of nitrogen functional groups attached to an aromatic ring is 1. The molecule has 3 aromatic rings. The lowest BCUT2D eigenvalue weighted by Gasteiger charge is -2.36. The normalized spacial score (nSPS) is 14.5. The maximum atomic E-state index is 14.0. The van der Waals surface area contributed by atoms with Gasteiger partial charge in [0.25, 0.3) is 5.91 Å². The Morgan fingerprint density at radius 3 is 2.84 bits per heavy atom. The van der Waals surface area contributed by atoms with Crippen molar-refractivity contribution in [1.29, 1.82) is 5.26 Å². The van der Waals surface area contributed by atoms with E-state index in [-0.39, 0.29) is 41.6 Å². The van der Waals surface area contributed by atoms with Gasteiger partial charge in [-0.25, -0.2) is 19.3 Å². The number of β-amino-alcohol motifs (C(OH)–C–C–N with tert-alkyl or cyclic N) is 1. The summed E-state index contributed by atoms with van der Waals surface area (Å²) in [6.45, 7) is 2.10. The van der Waals surface area contributed by atoms with Crippen LogP contribution in [0.5, 0.6) is 5.75 Å². The molecule has 1 unspecified atom stereocenters. The summed E-state index contributed by atoms with van der Waals surface area (Å²) in [7, 11) is 1.39. The molecule has 1 aromatic carbocycles. The smallest absolute Gasteiger partial charge is 0.258 e. The summed E-state index contributed by atoms with van der Waals surface area (Å²) < 4.78 is 19.6. The number of aliphatic hydroxyl groups excluding tert-OH is 1. The number of nitrogens with zero attached hydrogens (tertiary/aromatic N) is 5. The molecule has 2 aromatic heterocycles. The van der Waals surface area contributed by atoms with E-state index < -0.39 is 23.9 Å². The second-order valence-corrected chi connectivity index (χ2v) is 7.39. The number of pyridine rings is 1. The molecule has 1 fully saturated rings. The summed E-state index contributed by atoms with van der Waals surface area (Å²) in [6, 6.07) is 5.35. The molecule has 0 aliphatic carbocycles. The largest absolute Gasteiger partial charge is 0.494 e. The van der Waals surface area contributed by atoms with Gasteiger partial charge in [0, 0.05) is 18.5 Å². The summed E-state index contributed by atoms with van der Waals surface area (Å²) in [5.41, 5.74) is 6.74. The number of anilines is 2. The second-order valence-electron chi connectivity index (χ2n) is 7.39. The summed E-state index contributed by atoms with van der Waals surface area (Å²) >= 11 is 0. The zero-order valence-corrected chi connectivity index (χ0v) is 17.3. The maximum absolute atomic E-state index is 14.0. The first-order valence-electron chi connectivity index (χ1n) is 9.75. The quantitative estimate of drug-likeness (QED) is 0.541. The predicted molar refractivity (Wildman–Crippen MR) is 113 cm³/mol. The molecule has 0 spiro atoms. The number of methoxy groups -OCH3 is 1. The van der Waals surface area contributed by atoms with Crippen LogP contribution < -0.4 is 15.8 Å². The Hall–Kier alpha value is -4.04. The van der Waals surface area contributed by atoms with Crippen LogP contribution in [0, 0.1) is 17.1 Å². The average Bonchev–Trinajstić information content (AvgIpc) is 2.75. The van der Waals surface area contributed by atoms with Crippen molar-refractivity contribution in [2.45, 2.75) is 19.1 Å². The van der Waals surface area contributed by atoms with E-state index in [1.165, 1.54) is 36.5 Å². The number of amides is 1. The van der Waals surface area contributed by atoms with Crippen LogP contribution >= 0.6 is 0 Å². The molecule has 0 radical (unpaired) electrons. The minimum atomic E-state index is -0.595. The number of ether oxygens (including phenoxy) is 1. The van der Waals surface area contributed by atoms with Crippen LogP contribution in [0.3, 0.4) is 0 Å². The van der Waals surface area contributed by atoms with E-state index in [9.17, 15) is 19.6 Å². The summed E-state index contributed by atoms with van der Waals surface area (Å²) in [5, 5.41) is 22.4. The molecule has 0 bridgehead atoms. The van der Waals surface area contributed by atoms with Crippen molar-refractivity contribution in [2.24, 2.45) is 0 Å². The Morgan fingerprint density at radius 2 is 2.19 bits per heavy atom. The summed E-state index contributed by atoms with van der Waals surface area (Å²) in [6.07, 6.45) is 0.630. The number of fused-ring (bicyclic) bond motifs is 1. The monoisotopic (exact) mass is 437 g/mol. The van der Waals surface area contributed by atoms with Crippen LogP contribution in [0.2, 0.25) is 0 Å². The zero-order chi connectivity index (χ0) is 23.0. The van der Waals surface area contributed by atoms with Crippen LogP contribution in [0.15, 0.2) is 24.5 Å². The number of nitrogens with two attached hydrogens (primary N) is 1. The van der Waals surface area contributed by atoms with E-state index in [0.29, 0.717) is 16.6 Å². The lowest BCUT2D eigenvalue weighted by atomic mass is 10.00. The average molecular weight is 437 g/mol. The molecule has 4 rings (SSSR count). The number of carbonyl (C=O) groups excluding carboxylic acids is 1. The molecule has 1 atom stereocenters. The number of nitrogens with one attached hydrogen (secondary N) is 1. The molecule has 1 aliphatic heterocycles. The number of hydrogen-bond donors (Lipinski definition) is 3. The minimum absolute atomic E-state index is 0.0262. The number of hydrogen-bond acceptors (Lipinski definition) is 9. The van der Waals surface area contributed by atoms with Crippen LogP contribution in [-0.4, -0.2) is 57.2 Å². The summed E-state index contributed by atoms with van der Waals surface area (Å²) in [5.74, 6) is -0.529. The highest BCUT2D eigenvalue weighted by molar-refractivity contribution is 6.09. The third-order valence-corrected chi connectivity index (χ3v) is 5.25. The van der Waals surface area contributed by atoms with Crippen LogP contribution in [-0.2, 0) is 0 Å². The maximum Gasteiger partial charge on any atom is 0.258 e. The SMILES string of the molecule is COc1c(C(C)Nc2ncnc(N)c2C#N)nc2ccc(F)cc2c1C(=O)N1CC(O)C1. The highest BCUT2D eigenvalue weighted by Gasteiger charge is 2.34. The highest BCUT2D eigenvalue weighted by Crippen LogP contribution is 2.36. The molecule has 164 valence electrons. The zero-order valence-electron chi connectivity index (χ0n) is 17.3. The number of halogens is 1. The number of carbonyl (C=O) groups is 1. The first-order chi connectivity index (χ1) is 15.3. The van der Waals surface area contributed by atoms with Crippen molar-refractivity contribution < 1.29 is 19.0 Å². The Bertz CT molecular complexity index is 1250. The van der Waals surface area contributed by atoms with Gasteiger partial charge in [-0.15, -0.1) is 0 Å². The fourth-order valence-electron chi connectivity index (χ4n) is 3.62. The van der Waals surface area contributed by atoms with E-state index in [0.717, 1.165) is 0 Å². The van der Waals surface area contributed by atoms with E-state index in [1.54, 1.807) is 6.92 Å². The first kappa shape index (κ1) is 21.2. The number of benzene rings is 1. The van der Waals surface area contributed by atoms with E-state index in [4.69, 9.17) is 10.5 Å². The van der Waals surface area contributed by atoms with E-state index in [1.807, 2.05) is 6.07 Å². The van der Waals surface area contributed by atoms with Gasteiger partial charge in [-0.3, -0.25) is 4.79 Å². The third-order valence-electron chi connectivity index (χ3n) is 5.25. The van der Waals surface area contributed by atoms with Crippen molar-refractivity contribution in [1.82, 2.24) is 19.9 Å². The molecule has 1 amide bonds. The third kappa shape index (κ3) is 3.61. The van der Waals surface area contributed by atoms with Crippen molar-refractivity contribution in [3.8, 4) is 11.8 Å². The number of nitriles is 1. The van der Waals surface area contributed by atoms with Gasteiger partial charge in [-0.1, -0.05) is 0 Å². The Balaban J connectivity index is 1.85. The van der Waals surface area contributed by atoms with Gasteiger partial charge in [0.15, 0.2) is 5.75 Å². The van der Waals surface area contributed by atoms with Crippen LogP contribution in [0.4, 0.5) is 16.0 Å². The van der Waals surface area contributed by atoms with Crippen LogP contribution in [0.25, 0.3) is 10.9 Å². The number of rotatable bonds is 5. The van der Waals surface area contributed by atoms with Gasteiger partial charge in [-0.2, -0.15) is 5.26 Å². The lowest BCUT2D eigenvalue weighted by molar-refractivity contribution is 0.00582. The molecule has 4 N–H and O–H groups in total. The molecule has 11 heteroatoms. The van der Waals surface area contributed by atoms with E-state index >= 15 is 0 Å². The van der Waals surface area contributed by atoms with Crippen molar-refractivity contribution in [2.75, 3.05) is 31.2 Å². The molecule has 32 heavy (non-hydrogen) atoms. The minimum Gasteiger partial charge on any atom is -0.494 e. The van der Waals surface area contributed by atoms with Crippen LogP contribution in [0.1, 0.15) is 34.6 Å². The number of aromatic nitrogens is 3. The fourth-order valence-corrected chi connectivity index (χ4v) is 3.62. The molecule has 3 heterocycles. The first-order valence-corrected chi connectivity index (χ1v) is 9.75. The van der Waals surface area contributed by atoms with Gasteiger partial charge < -0.3 is 25.8 Å². The van der Waals surface area contributed by atoms with Gasteiger partial charge >= 0.3 is 0 Å². The second kappa shape index (κ2) is 8.24. The Morgan fingerprint density at radius 1 is 1.44 bits per heavy atom. The van der Waals surface area contributed by atoms with Crippen molar-refractivity contribution >= 4 is 28.4 Å². The van der Waals surface area contributed by atoms with Gasteiger partial charge in [-0.05, 0) is 25.1 Å². The van der Waals surface area contributed by atoms with Gasteiger partial charge in [0.2, 0.25) is 0 Å².